The molecule has 0 bridgehead atoms. The molecule has 0 aromatic carbocycles. The van der Waals surface area contributed by atoms with Crippen molar-refractivity contribution in [3.05, 3.63) is 48.0 Å². The van der Waals surface area contributed by atoms with Gasteiger partial charge in [-0.3, -0.25) is 14.6 Å². The van der Waals surface area contributed by atoms with Gasteiger partial charge in [-0.15, -0.1) is 0 Å². The Morgan fingerprint density at radius 2 is 2.16 bits per heavy atom. The minimum Gasteiger partial charge on any atom is -0.372 e. The van der Waals surface area contributed by atoms with E-state index in [0.717, 1.165) is 44.5 Å². The second-order valence-electron chi connectivity index (χ2n) is 7.29. The Labute approximate surface area is 148 Å². The third-order valence-electron chi connectivity index (χ3n) is 5.32. The van der Waals surface area contributed by atoms with Gasteiger partial charge in [0.2, 0.25) is 0 Å². The van der Waals surface area contributed by atoms with E-state index < -0.39 is 0 Å². The van der Waals surface area contributed by atoms with Crippen LogP contribution in [-0.4, -0.2) is 51.1 Å². The molecule has 2 aliphatic rings. The molecule has 0 radical (unpaired) electrons. The fraction of sp³-hybridized carbons (Fsp3) is 0.579. The van der Waals surface area contributed by atoms with E-state index in [2.05, 4.69) is 27.2 Å². The Kier molecular flexibility index (Phi) is 4.83. The Bertz CT molecular complexity index is 680. The van der Waals surface area contributed by atoms with Crippen LogP contribution in [0.4, 0.5) is 0 Å². The van der Waals surface area contributed by atoms with Gasteiger partial charge >= 0.3 is 0 Å². The number of piperidine rings is 1. The van der Waals surface area contributed by atoms with Gasteiger partial charge in [-0.1, -0.05) is 6.07 Å². The van der Waals surface area contributed by atoms with E-state index >= 15 is 0 Å². The fourth-order valence-corrected chi connectivity index (χ4v) is 3.89. The molecule has 0 amide bonds. The molecule has 2 fully saturated rings. The van der Waals surface area contributed by atoms with Crippen molar-refractivity contribution in [3.8, 4) is 0 Å². The van der Waals surface area contributed by atoms with Crippen LogP contribution in [0.3, 0.4) is 0 Å². The van der Waals surface area contributed by atoms with Crippen LogP contribution in [-0.2, 0) is 29.7 Å². The summed E-state index contributed by atoms with van der Waals surface area (Å²) in [6.45, 7) is 4.45. The second kappa shape index (κ2) is 7.23. The first-order chi connectivity index (χ1) is 12.2. The van der Waals surface area contributed by atoms with Gasteiger partial charge in [-0.05, 0) is 24.5 Å². The van der Waals surface area contributed by atoms with Crippen molar-refractivity contribution in [3.63, 3.8) is 0 Å². The highest BCUT2D eigenvalue weighted by Crippen LogP contribution is 2.37. The first-order valence-corrected chi connectivity index (χ1v) is 9.05. The number of hydrogen-bond donors (Lipinski definition) is 0. The van der Waals surface area contributed by atoms with Gasteiger partial charge in [0, 0.05) is 57.3 Å². The summed E-state index contributed by atoms with van der Waals surface area (Å²) in [6, 6.07) is 4.00. The van der Waals surface area contributed by atoms with E-state index in [-0.39, 0.29) is 11.7 Å². The maximum absolute atomic E-state index is 6.20. The Morgan fingerprint density at radius 1 is 1.28 bits per heavy atom. The predicted molar refractivity (Wildman–Crippen MR) is 93.8 cm³/mol. The molecule has 2 aromatic heterocycles. The monoisotopic (exact) mass is 342 g/mol. The average Bonchev–Trinajstić information content (AvgIpc) is 3.23. The van der Waals surface area contributed by atoms with Crippen LogP contribution < -0.4 is 0 Å². The third kappa shape index (κ3) is 4.08. The second-order valence-corrected chi connectivity index (χ2v) is 7.29. The molecule has 134 valence electrons. The van der Waals surface area contributed by atoms with Gasteiger partial charge in [0.1, 0.15) is 0 Å². The minimum atomic E-state index is 0.0189. The summed E-state index contributed by atoms with van der Waals surface area (Å²) < 4.78 is 14.1. The van der Waals surface area contributed by atoms with Gasteiger partial charge < -0.3 is 9.47 Å². The van der Waals surface area contributed by atoms with E-state index in [9.17, 15) is 0 Å². The summed E-state index contributed by atoms with van der Waals surface area (Å²) in [5.74, 6) is 0. The quantitative estimate of drug-likeness (QED) is 0.833. The van der Waals surface area contributed by atoms with Gasteiger partial charge in [-0.2, -0.15) is 5.10 Å². The van der Waals surface area contributed by atoms with Crippen molar-refractivity contribution in [1.29, 1.82) is 0 Å². The van der Waals surface area contributed by atoms with Crippen LogP contribution in [0.5, 0.6) is 0 Å². The normalized spacial score (nSPS) is 23.3. The molecule has 4 heterocycles. The van der Waals surface area contributed by atoms with E-state index in [0.29, 0.717) is 13.2 Å². The standard InChI is InChI=1S/C19H26N4O2/c1-22-12-17(11-21-22)13-23-7-4-19(5-8-23)9-18(15-25-19)24-14-16-3-2-6-20-10-16/h2-3,6,10-12,18H,4-5,7-9,13-15H2,1H3. The highest BCUT2D eigenvalue weighted by molar-refractivity contribution is 5.07. The average molecular weight is 342 g/mol. The van der Waals surface area contributed by atoms with Crippen molar-refractivity contribution < 1.29 is 9.47 Å². The zero-order chi connectivity index (χ0) is 17.1. The van der Waals surface area contributed by atoms with E-state index in [1.54, 1.807) is 6.20 Å². The van der Waals surface area contributed by atoms with E-state index in [1.807, 2.05) is 30.2 Å². The van der Waals surface area contributed by atoms with Crippen molar-refractivity contribution in [2.75, 3.05) is 19.7 Å². The van der Waals surface area contributed by atoms with Crippen LogP contribution >= 0.6 is 0 Å². The SMILES string of the molecule is Cn1cc(CN2CCC3(CC2)CC(OCc2cccnc2)CO3)cn1. The molecule has 6 heteroatoms. The van der Waals surface area contributed by atoms with Crippen LogP contribution in [0, 0.1) is 0 Å². The lowest BCUT2D eigenvalue weighted by atomic mass is 9.88. The third-order valence-corrected chi connectivity index (χ3v) is 5.32. The number of aryl methyl sites for hydroxylation is 1. The van der Waals surface area contributed by atoms with Gasteiger partial charge in [0.15, 0.2) is 0 Å². The zero-order valence-electron chi connectivity index (χ0n) is 14.8. The van der Waals surface area contributed by atoms with E-state index in [1.165, 1.54) is 5.56 Å². The lowest BCUT2D eigenvalue weighted by Gasteiger charge is -2.38. The highest BCUT2D eigenvalue weighted by Gasteiger charge is 2.43. The molecule has 1 spiro atoms. The fourth-order valence-electron chi connectivity index (χ4n) is 3.89. The number of rotatable bonds is 5. The number of hydrogen-bond acceptors (Lipinski definition) is 5. The number of aromatic nitrogens is 3. The lowest BCUT2D eigenvalue weighted by Crippen LogP contribution is -2.43. The molecule has 6 nitrogen and oxygen atoms in total. The first-order valence-electron chi connectivity index (χ1n) is 9.05. The van der Waals surface area contributed by atoms with Gasteiger partial charge in [0.05, 0.1) is 31.1 Å². The minimum absolute atomic E-state index is 0.0189. The summed E-state index contributed by atoms with van der Waals surface area (Å²) in [4.78, 5) is 6.63. The largest absolute Gasteiger partial charge is 0.372 e. The van der Waals surface area contributed by atoms with Gasteiger partial charge in [-0.25, -0.2) is 0 Å². The summed E-state index contributed by atoms with van der Waals surface area (Å²) in [5, 5.41) is 4.25. The van der Waals surface area contributed by atoms with Crippen LogP contribution in [0.1, 0.15) is 30.4 Å². The molecular formula is C19H26N4O2. The molecule has 25 heavy (non-hydrogen) atoms. The van der Waals surface area contributed by atoms with E-state index in [4.69, 9.17) is 9.47 Å². The summed E-state index contributed by atoms with van der Waals surface area (Å²) in [7, 11) is 1.96. The molecule has 2 aliphatic heterocycles. The lowest BCUT2D eigenvalue weighted by molar-refractivity contribution is -0.0468. The Morgan fingerprint density at radius 3 is 2.88 bits per heavy atom. The predicted octanol–water partition coefficient (Wildman–Crippen LogP) is 2.16. The maximum Gasteiger partial charge on any atom is 0.0840 e. The summed E-state index contributed by atoms with van der Waals surface area (Å²) in [5.41, 5.74) is 2.42. The number of nitrogens with zero attached hydrogens (tertiary/aromatic N) is 4. The topological polar surface area (TPSA) is 52.4 Å². The van der Waals surface area contributed by atoms with Gasteiger partial charge in [0.25, 0.3) is 0 Å². The van der Waals surface area contributed by atoms with Crippen molar-refractivity contribution in [2.45, 2.75) is 44.1 Å². The molecule has 1 unspecified atom stereocenters. The molecule has 0 N–H and O–H groups in total. The van der Waals surface area contributed by atoms with Crippen LogP contribution in [0.25, 0.3) is 0 Å². The Hall–Kier alpha value is -1.76. The molecule has 4 rings (SSSR count). The molecule has 2 aromatic rings. The molecule has 2 saturated heterocycles. The van der Waals surface area contributed by atoms with Crippen molar-refractivity contribution in [1.82, 2.24) is 19.7 Å². The smallest absolute Gasteiger partial charge is 0.0840 e. The summed E-state index contributed by atoms with van der Waals surface area (Å²) in [6.07, 6.45) is 11.1. The summed E-state index contributed by atoms with van der Waals surface area (Å²) >= 11 is 0. The van der Waals surface area contributed by atoms with Crippen LogP contribution in [0.15, 0.2) is 36.9 Å². The first kappa shape index (κ1) is 16.7. The molecule has 0 saturated carbocycles. The number of likely N-dealkylation sites (tertiary alicyclic amines) is 1. The maximum atomic E-state index is 6.20. The van der Waals surface area contributed by atoms with Crippen molar-refractivity contribution >= 4 is 0 Å². The molecule has 0 aliphatic carbocycles. The van der Waals surface area contributed by atoms with Crippen molar-refractivity contribution in [2.24, 2.45) is 7.05 Å². The number of pyridine rings is 1. The zero-order valence-corrected chi connectivity index (χ0v) is 14.8. The highest BCUT2D eigenvalue weighted by atomic mass is 16.6. The number of ether oxygens (including phenoxy) is 2. The molecular weight excluding hydrogens is 316 g/mol. The van der Waals surface area contributed by atoms with Crippen LogP contribution in [0.2, 0.25) is 0 Å². The Balaban J connectivity index is 1.24. The molecule has 1 atom stereocenters.